The summed E-state index contributed by atoms with van der Waals surface area (Å²) in [6.45, 7) is 8.88. The minimum atomic E-state index is -1.43. The molecule has 0 fully saturated rings. The van der Waals surface area contributed by atoms with E-state index in [-0.39, 0.29) is 0 Å². The predicted octanol–water partition coefficient (Wildman–Crippen LogP) is 4.33. The number of rotatable bonds is 3. The van der Waals surface area contributed by atoms with Gasteiger partial charge in [0, 0.05) is 18.8 Å². The molecule has 0 aromatic rings. The van der Waals surface area contributed by atoms with E-state index in [0.29, 0.717) is 5.92 Å². The first-order valence-electron chi connectivity index (χ1n) is 6.39. The van der Waals surface area contributed by atoms with Crippen molar-refractivity contribution in [2.45, 2.75) is 58.7 Å². The zero-order chi connectivity index (χ0) is 12.0. The molecule has 1 atom stereocenters. The van der Waals surface area contributed by atoms with Gasteiger partial charge in [0.15, 0.2) is 0 Å². The first-order valence-corrected chi connectivity index (χ1v) is 9.80. The topological polar surface area (TPSA) is 9.23 Å². The van der Waals surface area contributed by atoms with Crippen molar-refractivity contribution in [1.82, 2.24) is 0 Å². The average molecular weight is 236 g/mol. The van der Waals surface area contributed by atoms with E-state index in [1.165, 1.54) is 18.6 Å². The van der Waals surface area contributed by atoms with Gasteiger partial charge in [0.1, 0.15) is 0 Å². The maximum absolute atomic E-state index is 6.05. The lowest BCUT2D eigenvalue weighted by molar-refractivity contribution is 0.371. The van der Waals surface area contributed by atoms with E-state index >= 15 is 0 Å². The molecule has 0 spiro atoms. The van der Waals surface area contributed by atoms with Crippen molar-refractivity contribution < 1.29 is 4.43 Å². The van der Waals surface area contributed by atoms with Crippen molar-refractivity contribution in [3.8, 4) is 11.8 Å². The van der Waals surface area contributed by atoms with Crippen LogP contribution in [0.5, 0.6) is 0 Å². The molecule has 0 saturated heterocycles. The lowest BCUT2D eigenvalue weighted by atomic mass is 9.95. The molecule has 0 aliphatic heterocycles. The smallest absolute Gasteiger partial charge is 0.241 e. The highest BCUT2D eigenvalue weighted by Crippen LogP contribution is 2.25. The van der Waals surface area contributed by atoms with Crippen molar-refractivity contribution in [2.75, 3.05) is 0 Å². The fourth-order valence-electron chi connectivity index (χ4n) is 1.81. The second kappa shape index (κ2) is 6.15. The van der Waals surface area contributed by atoms with Crippen LogP contribution in [-0.4, -0.2) is 8.32 Å². The maximum Gasteiger partial charge on any atom is 0.241 e. The predicted molar refractivity (Wildman–Crippen MR) is 72.5 cm³/mol. The van der Waals surface area contributed by atoms with Crippen LogP contribution in [0.15, 0.2) is 11.8 Å². The molecule has 1 unspecified atom stereocenters. The fraction of sp³-hybridized carbons (Fsp3) is 0.714. The van der Waals surface area contributed by atoms with Crippen molar-refractivity contribution in [1.29, 1.82) is 0 Å². The Hall–Kier alpha value is -0.683. The molecule has 0 aromatic carbocycles. The van der Waals surface area contributed by atoms with Gasteiger partial charge in [-0.25, -0.2) is 0 Å². The van der Waals surface area contributed by atoms with Crippen LogP contribution in [0.25, 0.3) is 0 Å². The number of unbranched alkanes of at least 4 members (excludes halogenated alkanes) is 1. The van der Waals surface area contributed by atoms with Crippen molar-refractivity contribution in [3.63, 3.8) is 0 Å². The summed E-state index contributed by atoms with van der Waals surface area (Å²) < 4.78 is 6.05. The Morgan fingerprint density at radius 3 is 2.81 bits per heavy atom. The first-order chi connectivity index (χ1) is 7.51. The standard InChI is InChI=1S/C14H24OSi/c1-5-6-7-9-13-10-8-11-14(12-13)15-16(2,3)4/h12-13H,5-6,8,10-11H2,1-4H3. The highest BCUT2D eigenvalue weighted by Gasteiger charge is 2.20. The molecule has 0 N–H and O–H groups in total. The molecule has 0 aromatic heterocycles. The minimum absolute atomic E-state index is 0.437. The Kier molecular flexibility index (Phi) is 5.14. The van der Waals surface area contributed by atoms with Gasteiger partial charge in [-0.15, -0.1) is 5.92 Å². The monoisotopic (exact) mass is 236 g/mol. The molecule has 0 saturated carbocycles. The molecule has 0 heterocycles. The summed E-state index contributed by atoms with van der Waals surface area (Å²) in [4.78, 5) is 0. The molecular formula is C14H24OSi. The normalized spacial score (nSPS) is 20.8. The summed E-state index contributed by atoms with van der Waals surface area (Å²) in [5, 5.41) is 0. The molecule has 1 nitrogen and oxygen atoms in total. The summed E-state index contributed by atoms with van der Waals surface area (Å²) in [6, 6.07) is 0. The molecule has 1 aliphatic rings. The summed E-state index contributed by atoms with van der Waals surface area (Å²) >= 11 is 0. The van der Waals surface area contributed by atoms with E-state index in [0.717, 1.165) is 19.3 Å². The zero-order valence-corrected chi connectivity index (χ0v) is 12.1. The Bertz CT molecular complexity index is 301. The van der Waals surface area contributed by atoms with Crippen molar-refractivity contribution in [2.24, 2.45) is 5.92 Å². The van der Waals surface area contributed by atoms with Crippen LogP contribution in [0, 0.1) is 17.8 Å². The molecule has 1 aliphatic carbocycles. The van der Waals surface area contributed by atoms with Crippen LogP contribution in [0.1, 0.15) is 39.0 Å². The highest BCUT2D eigenvalue weighted by molar-refractivity contribution is 6.70. The Morgan fingerprint density at radius 2 is 2.19 bits per heavy atom. The van der Waals surface area contributed by atoms with Gasteiger partial charge >= 0.3 is 0 Å². The molecule has 16 heavy (non-hydrogen) atoms. The second-order valence-electron chi connectivity index (χ2n) is 5.42. The first kappa shape index (κ1) is 13.4. The molecule has 0 radical (unpaired) electrons. The van der Waals surface area contributed by atoms with Gasteiger partial charge in [-0.2, -0.15) is 0 Å². The van der Waals surface area contributed by atoms with Gasteiger partial charge < -0.3 is 4.43 Å². The maximum atomic E-state index is 6.05. The molecule has 0 amide bonds. The molecular weight excluding hydrogens is 212 g/mol. The molecule has 1 rings (SSSR count). The Balaban J connectivity index is 2.56. The van der Waals surface area contributed by atoms with Gasteiger partial charge in [0.05, 0.1) is 5.76 Å². The molecule has 90 valence electrons. The number of hydrogen-bond donors (Lipinski definition) is 0. The molecule has 0 bridgehead atoms. The Labute approximate surface area is 101 Å². The third-order valence-electron chi connectivity index (χ3n) is 2.43. The van der Waals surface area contributed by atoms with Crippen LogP contribution >= 0.6 is 0 Å². The average Bonchev–Trinajstić information content (AvgIpc) is 2.16. The SMILES string of the molecule is CCCC#CC1C=C(O[Si](C)(C)C)CCC1. The quantitative estimate of drug-likeness (QED) is 0.523. The summed E-state index contributed by atoms with van der Waals surface area (Å²) in [5.41, 5.74) is 0. The van der Waals surface area contributed by atoms with E-state index in [9.17, 15) is 0 Å². The van der Waals surface area contributed by atoms with Gasteiger partial charge in [0.25, 0.3) is 0 Å². The van der Waals surface area contributed by atoms with Crippen LogP contribution in [0.2, 0.25) is 19.6 Å². The number of hydrogen-bond acceptors (Lipinski definition) is 1. The summed E-state index contributed by atoms with van der Waals surface area (Å²) in [6.07, 6.45) is 7.97. The van der Waals surface area contributed by atoms with Crippen molar-refractivity contribution in [3.05, 3.63) is 11.8 Å². The van der Waals surface area contributed by atoms with E-state index in [4.69, 9.17) is 4.43 Å². The van der Waals surface area contributed by atoms with Crippen LogP contribution in [-0.2, 0) is 4.43 Å². The van der Waals surface area contributed by atoms with Gasteiger partial charge in [-0.3, -0.25) is 0 Å². The Morgan fingerprint density at radius 1 is 1.44 bits per heavy atom. The third-order valence-corrected chi connectivity index (χ3v) is 3.30. The zero-order valence-electron chi connectivity index (χ0n) is 11.1. The van der Waals surface area contributed by atoms with E-state index < -0.39 is 8.32 Å². The minimum Gasteiger partial charge on any atom is -0.548 e. The largest absolute Gasteiger partial charge is 0.548 e. The van der Waals surface area contributed by atoms with E-state index in [2.05, 4.69) is 44.5 Å². The third kappa shape index (κ3) is 5.41. The van der Waals surface area contributed by atoms with Gasteiger partial charge in [-0.05, 0) is 45.0 Å². The van der Waals surface area contributed by atoms with Crippen LogP contribution < -0.4 is 0 Å². The summed E-state index contributed by atoms with van der Waals surface area (Å²) in [7, 11) is -1.43. The second-order valence-corrected chi connectivity index (χ2v) is 9.85. The number of allylic oxidation sites excluding steroid dienone is 2. The van der Waals surface area contributed by atoms with Crippen molar-refractivity contribution >= 4 is 8.32 Å². The fourth-order valence-corrected chi connectivity index (χ4v) is 2.76. The van der Waals surface area contributed by atoms with E-state index in [1.807, 2.05) is 0 Å². The molecule has 2 heteroatoms. The van der Waals surface area contributed by atoms with Gasteiger partial charge in [0.2, 0.25) is 8.32 Å². The van der Waals surface area contributed by atoms with Crippen LogP contribution in [0.4, 0.5) is 0 Å². The lowest BCUT2D eigenvalue weighted by Crippen LogP contribution is -2.25. The summed E-state index contributed by atoms with van der Waals surface area (Å²) in [5.74, 6) is 8.23. The van der Waals surface area contributed by atoms with Gasteiger partial charge in [-0.1, -0.05) is 12.8 Å². The highest BCUT2D eigenvalue weighted by atomic mass is 28.4. The van der Waals surface area contributed by atoms with E-state index in [1.54, 1.807) is 0 Å². The lowest BCUT2D eigenvalue weighted by Gasteiger charge is -2.25. The van der Waals surface area contributed by atoms with Crippen LogP contribution in [0.3, 0.4) is 0 Å².